The van der Waals surface area contributed by atoms with Crippen LogP contribution in [0.4, 0.5) is 17.1 Å². The minimum absolute atomic E-state index is 0.494. The minimum Gasteiger partial charge on any atom is -0.308 e. The Balaban J connectivity index is 1.24. The number of anilines is 3. The quantitative estimate of drug-likeness (QED) is 0.175. The number of nitrogens with zero attached hydrogens (tertiary/aromatic N) is 3. The van der Waals surface area contributed by atoms with E-state index in [0.717, 1.165) is 17.1 Å². The summed E-state index contributed by atoms with van der Waals surface area (Å²) in [6.45, 7) is 0. The molecule has 3 heterocycles. The molecule has 0 saturated heterocycles. The fourth-order valence-electron chi connectivity index (χ4n) is 9.92. The van der Waals surface area contributed by atoms with Crippen LogP contribution in [-0.4, -0.2) is 8.80 Å². The van der Waals surface area contributed by atoms with Crippen LogP contribution in [0.15, 0.2) is 200 Å². The first kappa shape index (κ1) is 29.5. The zero-order valence-electron chi connectivity index (χ0n) is 29.4. The van der Waals surface area contributed by atoms with E-state index in [1.165, 1.54) is 77.3 Å². The summed E-state index contributed by atoms with van der Waals surface area (Å²) < 4.78 is 4.97. The van der Waals surface area contributed by atoms with E-state index < -0.39 is 5.41 Å². The Hall–Kier alpha value is -7.10. The van der Waals surface area contributed by atoms with Crippen LogP contribution in [-0.2, 0) is 5.41 Å². The predicted octanol–water partition coefficient (Wildman–Crippen LogP) is 12.9. The molecule has 3 heteroatoms. The molecule has 1 aliphatic rings. The van der Waals surface area contributed by atoms with E-state index in [-0.39, 0.29) is 0 Å². The molecule has 0 atom stereocenters. The van der Waals surface area contributed by atoms with Crippen molar-refractivity contribution in [2.24, 2.45) is 0 Å². The summed E-state index contributed by atoms with van der Waals surface area (Å²) in [5, 5.41) is 3.82. The van der Waals surface area contributed by atoms with Gasteiger partial charge in [-0.2, -0.15) is 0 Å². The van der Waals surface area contributed by atoms with Gasteiger partial charge in [-0.15, -0.1) is 0 Å². The maximum absolute atomic E-state index is 2.51. The first-order valence-electron chi connectivity index (χ1n) is 18.7. The van der Waals surface area contributed by atoms with Crippen LogP contribution in [0.3, 0.4) is 0 Å². The lowest BCUT2D eigenvalue weighted by Gasteiger charge is -2.34. The summed E-state index contributed by atoms with van der Waals surface area (Å²) in [5.41, 5.74) is 16.7. The van der Waals surface area contributed by atoms with E-state index in [4.69, 9.17) is 0 Å². The standard InChI is InChI=1S/C51H33N3/c1-4-18-34(19-5-1)51(35-20-6-2-7-21-35)40-27-12-10-24-37(40)48-41(51)28-17-32-45(48)52(36-22-8-3-9-23-36)46-33-16-26-39-47-38-25-11-13-29-42(38)53-43-30-14-15-31-44(43)54(49(39)46)50(47)53/h1-33H. The molecule has 0 aliphatic heterocycles. The number of fused-ring (bicyclic) bond motifs is 12. The van der Waals surface area contributed by atoms with Crippen molar-refractivity contribution in [2.45, 2.75) is 5.41 Å². The summed E-state index contributed by atoms with van der Waals surface area (Å²) >= 11 is 0. The fraction of sp³-hybridized carbons (Fsp3) is 0.0196. The third-order valence-electron chi connectivity index (χ3n) is 11.9. The molecule has 0 bridgehead atoms. The van der Waals surface area contributed by atoms with Crippen LogP contribution in [0.1, 0.15) is 22.3 Å². The summed E-state index contributed by atoms with van der Waals surface area (Å²) in [4.78, 5) is 2.51. The maximum atomic E-state index is 2.51. The molecule has 0 radical (unpaired) electrons. The van der Waals surface area contributed by atoms with Gasteiger partial charge in [-0.1, -0.05) is 158 Å². The predicted molar refractivity (Wildman–Crippen MR) is 224 cm³/mol. The van der Waals surface area contributed by atoms with Gasteiger partial charge >= 0.3 is 0 Å². The largest absolute Gasteiger partial charge is 0.308 e. The van der Waals surface area contributed by atoms with Crippen molar-refractivity contribution in [3.05, 3.63) is 222 Å². The number of hydrogen-bond acceptors (Lipinski definition) is 1. The lowest BCUT2D eigenvalue weighted by atomic mass is 9.68. The zero-order valence-corrected chi connectivity index (χ0v) is 29.4. The van der Waals surface area contributed by atoms with Crippen molar-refractivity contribution in [3.63, 3.8) is 0 Å². The normalized spacial score (nSPS) is 13.3. The Morgan fingerprint density at radius 3 is 1.67 bits per heavy atom. The number of para-hydroxylation sites is 5. The van der Waals surface area contributed by atoms with Crippen molar-refractivity contribution in [1.82, 2.24) is 8.80 Å². The molecule has 252 valence electrons. The Labute approximate surface area is 312 Å². The average molecular weight is 688 g/mol. The Morgan fingerprint density at radius 2 is 0.926 bits per heavy atom. The highest BCUT2D eigenvalue weighted by Crippen LogP contribution is 2.60. The molecule has 3 aromatic heterocycles. The molecule has 0 spiro atoms. The average Bonchev–Trinajstić information content (AvgIpc) is 3.96. The highest BCUT2D eigenvalue weighted by atomic mass is 15.2. The van der Waals surface area contributed by atoms with Crippen molar-refractivity contribution in [1.29, 1.82) is 0 Å². The van der Waals surface area contributed by atoms with Gasteiger partial charge in [0.15, 0.2) is 0 Å². The Bertz CT molecular complexity index is 3160. The van der Waals surface area contributed by atoms with E-state index in [0.29, 0.717) is 0 Å². The highest BCUT2D eigenvalue weighted by Gasteiger charge is 2.47. The van der Waals surface area contributed by atoms with E-state index in [1.54, 1.807) is 0 Å². The smallest absolute Gasteiger partial charge is 0.131 e. The third kappa shape index (κ3) is 3.65. The molecule has 0 N–H and O–H groups in total. The minimum atomic E-state index is -0.494. The molecule has 12 rings (SSSR count). The Kier molecular flexibility index (Phi) is 5.98. The van der Waals surface area contributed by atoms with Crippen molar-refractivity contribution < 1.29 is 0 Å². The first-order valence-corrected chi connectivity index (χ1v) is 18.7. The zero-order chi connectivity index (χ0) is 35.4. The van der Waals surface area contributed by atoms with Gasteiger partial charge in [0, 0.05) is 27.4 Å². The van der Waals surface area contributed by atoms with Crippen molar-refractivity contribution >= 4 is 60.9 Å². The van der Waals surface area contributed by atoms with Crippen LogP contribution in [0.25, 0.3) is 55.0 Å². The number of aromatic nitrogens is 2. The van der Waals surface area contributed by atoms with Gasteiger partial charge in [0.1, 0.15) is 5.65 Å². The number of hydrogen-bond donors (Lipinski definition) is 0. The molecule has 0 saturated carbocycles. The van der Waals surface area contributed by atoms with Gasteiger partial charge in [-0.3, -0.25) is 8.80 Å². The molecule has 3 nitrogen and oxygen atoms in total. The van der Waals surface area contributed by atoms with Gasteiger partial charge in [-0.05, 0) is 70.3 Å². The van der Waals surface area contributed by atoms with Crippen LogP contribution < -0.4 is 4.90 Å². The molecule has 0 unspecified atom stereocenters. The second-order valence-corrected chi connectivity index (χ2v) is 14.4. The monoisotopic (exact) mass is 687 g/mol. The molecule has 0 amide bonds. The second-order valence-electron chi connectivity index (χ2n) is 14.4. The fourth-order valence-corrected chi connectivity index (χ4v) is 9.92. The van der Waals surface area contributed by atoms with Crippen molar-refractivity contribution in [2.75, 3.05) is 4.90 Å². The van der Waals surface area contributed by atoms with Crippen LogP contribution in [0, 0.1) is 0 Å². The van der Waals surface area contributed by atoms with Crippen LogP contribution >= 0.6 is 0 Å². The lowest BCUT2D eigenvalue weighted by Crippen LogP contribution is -2.28. The van der Waals surface area contributed by atoms with E-state index >= 15 is 0 Å². The highest BCUT2D eigenvalue weighted by molar-refractivity contribution is 6.26. The third-order valence-corrected chi connectivity index (χ3v) is 11.9. The second kappa shape index (κ2) is 11.0. The molecule has 8 aromatic carbocycles. The van der Waals surface area contributed by atoms with Crippen LogP contribution in [0.2, 0.25) is 0 Å². The Morgan fingerprint density at radius 1 is 0.389 bits per heavy atom. The summed E-state index contributed by atoms with van der Waals surface area (Å²) in [7, 11) is 0. The van der Waals surface area contributed by atoms with Crippen LogP contribution in [0.5, 0.6) is 0 Å². The van der Waals surface area contributed by atoms with E-state index in [9.17, 15) is 0 Å². The summed E-state index contributed by atoms with van der Waals surface area (Å²) in [6, 6.07) is 73.6. The van der Waals surface area contributed by atoms with Gasteiger partial charge in [0.25, 0.3) is 0 Å². The topological polar surface area (TPSA) is 12.1 Å². The number of benzene rings is 8. The molecule has 11 aromatic rings. The number of imidazole rings is 1. The molecule has 54 heavy (non-hydrogen) atoms. The molecule has 1 aliphatic carbocycles. The van der Waals surface area contributed by atoms with E-state index in [1.807, 2.05) is 0 Å². The van der Waals surface area contributed by atoms with Gasteiger partial charge in [-0.25, -0.2) is 0 Å². The SMILES string of the molecule is c1ccc(N(c2cccc3c2-c2ccccc2C3(c2ccccc2)c2ccccc2)c2cccc3c4c5ccccc5n5c6ccccc6n(c23)c45)cc1. The van der Waals surface area contributed by atoms with Crippen molar-refractivity contribution in [3.8, 4) is 11.1 Å². The molecular formula is C51H33N3. The lowest BCUT2D eigenvalue weighted by molar-refractivity contribution is 0.768. The first-order chi connectivity index (χ1) is 26.9. The summed E-state index contributed by atoms with van der Waals surface area (Å²) in [5.74, 6) is 0. The molecular weight excluding hydrogens is 655 g/mol. The van der Waals surface area contributed by atoms with Gasteiger partial charge in [0.05, 0.1) is 38.9 Å². The van der Waals surface area contributed by atoms with Gasteiger partial charge < -0.3 is 4.90 Å². The van der Waals surface area contributed by atoms with E-state index in [2.05, 4.69) is 214 Å². The molecule has 0 fully saturated rings. The summed E-state index contributed by atoms with van der Waals surface area (Å²) in [6.07, 6.45) is 0. The number of rotatable bonds is 5. The van der Waals surface area contributed by atoms with Gasteiger partial charge in [0.2, 0.25) is 0 Å². The maximum Gasteiger partial charge on any atom is 0.131 e.